The van der Waals surface area contributed by atoms with Gasteiger partial charge >= 0.3 is 0 Å². The molecule has 0 saturated heterocycles. The molecule has 1 aromatic heterocycles. The lowest BCUT2D eigenvalue weighted by Crippen LogP contribution is -2.00. The van der Waals surface area contributed by atoms with Gasteiger partial charge in [0.1, 0.15) is 10.6 Å². The third kappa shape index (κ3) is 4.01. The predicted molar refractivity (Wildman–Crippen MR) is 82.3 cm³/mol. The first-order valence-corrected chi connectivity index (χ1v) is 8.25. The van der Waals surface area contributed by atoms with Crippen molar-refractivity contribution >= 4 is 31.7 Å². The van der Waals surface area contributed by atoms with E-state index in [9.17, 15) is 8.42 Å². The molecule has 0 fully saturated rings. The van der Waals surface area contributed by atoms with Gasteiger partial charge in [-0.05, 0) is 30.7 Å². The molecule has 0 aliphatic heterocycles. The molecule has 0 amide bonds. The van der Waals surface area contributed by atoms with Crippen LogP contribution in [-0.4, -0.2) is 23.1 Å². The molecule has 3 aromatic rings. The van der Waals surface area contributed by atoms with Crippen LogP contribution in [0.25, 0.3) is 10.2 Å². The molecule has 0 unspecified atom stereocenters. The average Bonchev–Trinajstić information content (AvgIpc) is 2.89. The van der Waals surface area contributed by atoms with E-state index in [1.54, 1.807) is 11.3 Å². The number of nitrogens with zero attached hydrogens (tertiary/aromatic N) is 1. The molecule has 1 heterocycles. The van der Waals surface area contributed by atoms with E-state index in [1.165, 1.54) is 23.8 Å². The molecule has 5 nitrogen and oxygen atoms in total. The Morgan fingerprint density at radius 2 is 1.86 bits per heavy atom. The van der Waals surface area contributed by atoms with E-state index in [2.05, 4.69) is 11.1 Å². The molecule has 7 heteroatoms. The summed E-state index contributed by atoms with van der Waals surface area (Å²) in [6.07, 6.45) is 0. The van der Waals surface area contributed by atoms with Crippen molar-refractivity contribution in [1.82, 2.24) is 4.98 Å². The molecular weight excluding hydrogens is 310 g/mol. The van der Waals surface area contributed by atoms with Crippen molar-refractivity contribution < 1.29 is 18.1 Å². The molecule has 0 atom stereocenters. The van der Waals surface area contributed by atoms with Crippen molar-refractivity contribution in [1.29, 1.82) is 0 Å². The summed E-state index contributed by atoms with van der Waals surface area (Å²) in [7, 11) is -4.22. The molecule has 0 radical (unpaired) electrons. The van der Waals surface area contributed by atoms with Crippen molar-refractivity contribution in [3.63, 3.8) is 0 Å². The van der Waals surface area contributed by atoms with E-state index >= 15 is 0 Å². The van der Waals surface area contributed by atoms with Gasteiger partial charge in [-0.2, -0.15) is 8.42 Å². The SMILES string of the molecule is Cc1ccc(O)cc1S(=O)(=O)O.c1ccc2scnc2c1. The average molecular weight is 323 g/mol. The number of phenols is 1. The number of para-hydroxylation sites is 1. The van der Waals surface area contributed by atoms with Gasteiger partial charge in [-0.15, -0.1) is 11.3 Å². The summed E-state index contributed by atoms with van der Waals surface area (Å²) in [5, 5.41) is 8.93. The lowest BCUT2D eigenvalue weighted by molar-refractivity contribution is 0.465. The maximum Gasteiger partial charge on any atom is 0.294 e. The number of aromatic hydroxyl groups is 1. The lowest BCUT2D eigenvalue weighted by atomic mass is 10.2. The van der Waals surface area contributed by atoms with Crippen LogP contribution in [0.2, 0.25) is 0 Å². The number of hydrogen-bond acceptors (Lipinski definition) is 5. The number of aryl methyl sites for hydroxylation is 1. The highest BCUT2D eigenvalue weighted by Gasteiger charge is 2.12. The highest BCUT2D eigenvalue weighted by molar-refractivity contribution is 7.85. The zero-order valence-corrected chi connectivity index (χ0v) is 12.7. The van der Waals surface area contributed by atoms with Crippen molar-refractivity contribution in [2.45, 2.75) is 11.8 Å². The third-order valence-corrected chi connectivity index (χ3v) is 4.49. The Balaban J connectivity index is 0.000000159. The van der Waals surface area contributed by atoms with Crippen molar-refractivity contribution in [3.8, 4) is 5.75 Å². The lowest BCUT2D eigenvalue weighted by Gasteiger charge is -2.01. The number of rotatable bonds is 1. The van der Waals surface area contributed by atoms with Gasteiger partial charge in [-0.1, -0.05) is 18.2 Å². The van der Waals surface area contributed by atoms with Crippen molar-refractivity contribution in [3.05, 3.63) is 53.5 Å². The third-order valence-electron chi connectivity index (χ3n) is 2.69. The van der Waals surface area contributed by atoms with Crippen LogP contribution in [0.15, 0.2) is 52.9 Å². The standard InChI is InChI=1S/C7H5NS.C7H8O4S/c1-2-4-7-6(3-1)8-5-9-7;1-5-2-3-6(8)4-7(5)12(9,10)11/h1-5H;2-4,8H,1H3,(H,9,10,11). The Morgan fingerprint density at radius 1 is 1.14 bits per heavy atom. The van der Waals surface area contributed by atoms with E-state index in [1.807, 2.05) is 23.7 Å². The minimum Gasteiger partial charge on any atom is -0.508 e. The zero-order chi connectivity index (χ0) is 15.5. The van der Waals surface area contributed by atoms with Crippen LogP contribution in [0.4, 0.5) is 0 Å². The molecule has 110 valence electrons. The van der Waals surface area contributed by atoms with Gasteiger partial charge in [-0.25, -0.2) is 4.98 Å². The van der Waals surface area contributed by atoms with Gasteiger partial charge in [0.15, 0.2) is 0 Å². The normalized spacial score (nSPS) is 11.0. The van der Waals surface area contributed by atoms with Crippen LogP contribution < -0.4 is 0 Å². The molecule has 2 aromatic carbocycles. The smallest absolute Gasteiger partial charge is 0.294 e. The molecule has 0 aliphatic rings. The number of benzene rings is 2. The summed E-state index contributed by atoms with van der Waals surface area (Å²) in [5.74, 6) is -0.187. The summed E-state index contributed by atoms with van der Waals surface area (Å²) in [4.78, 5) is 3.88. The Bertz CT molecular complexity index is 826. The predicted octanol–water partition coefficient (Wildman–Crippen LogP) is 3.24. The summed E-state index contributed by atoms with van der Waals surface area (Å²) in [5.41, 5.74) is 3.36. The van der Waals surface area contributed by atoms with Gasteiger partial charge in [-0.3, -0.25) is 4.55 Å². The van der Waals surface area contributed by atoms with Crippen LogP contribution in [-0.2, 0) is 10.1 Å². The molecule has 21 heavy (non-hydrogen) atoms. The second kappa shape index (κ2) is 6.21. The topological polar surface area (TPSA) is 87.5 Å². The fourth-order valence-corrected chi connectivity index (χ4v) is 3.09. The van der Waals surface area contributed by atoms with Gasteiger partial charge < -0.3 is 5.11 Å². The first-order chi connectivity index (χ1) is 9.88. The monoisotopic (exact) mass is 323 g/mol. The highest BCUT2D eigenvalue weighted by Crippen LogP contribution is 2.19. The maximum atomic E-state index is 10.7. The Kier molecular flexibility index (Phi) is 4.56. The van der Waals surface area contributed by atoms with E-state index in [0.29, 0.717) is 5.56 Å². The summed E-state index contributed by atoms with van der Waals surface area (Å²) >= 11 is 1.68. The van der Waals surface area contributed by atoms with Crippen LogP contribution in [0.1, 0.15) is 5.56 Å². The number of aromatic nitrogens is 1. The fourth-order valence-electron chi connectivity index (χ4n) is 1.67. The van der Waals surface area contributed by atoms with Crippen LogP contribution in [0.3, 0.4) is 0 Å². The van der Waals surface area contributed by atoms with Gasteiger partial charge in [0.25, 0.3) is 10.1 Å². The summed E-state index contributed by atoms with van der Waals surface area (Å²) < 4.78 is 31.2. The fraction of sp³-hybridized carbons (Fsp3) is 0.0714. The molecule has 0 saturated carbocycles. The largest absolute Gasteiger partial charge is 0.508 e. The van der Waals surface area contributed by atoms with Crippen LogP contribution >= 0.6 is 11.3 Å². The Hall–Kier alpha value is -1.96. The Morgan fingerprint density at radius 3 is 2.48 bits per heavy atom. The van der Waals surface area contributed by atoms with Crippen LogP contribution in [0.5, 0.6) is 5.75 Å². The summed E-state index contributed by atoms with van der Waals surface area (Å²) in [6.45, 7) is 1.53. The van der Waals surface area contributed by atoms with Gasteiger partial charge in [0, 0.05) is 6.07 Å². The maximum absolute atomic E-state index is 10.7. The number of hydrogen-bond donors (Lipinski definition) is 2. The van der Waals surface area contributed by atoms with E-state index in [-0.39, 0.29) is 10.6 Å². The van der Waals surface area contributed by atoms with E-state index in [0.717, 1.165) is 11.6 Å². The van der Waals surface area contributed by atoms with Crippen molar-refractivity contribution in [2.75, 3.05) is 0 Å². The zero-order valence-electron chi connectivity index (χ0n) is 11.1. The summed E-state index contributed by atoms with van der Waals surface area (Å²) in [6, 6.07) is 11.9. The van der Waals surface area contributed by atoms with Gasteiger partial charge in [0.05, 0.1) is 15.7 Å². The van der Waals surface area contributed by atoms with Crippen LogP contribution in [0, 0.1) is 6.92 Å². The number of phenolic OH excluding ortho intramolecular Hbond substituents is 1. The number of fused-ring (bicyclic) bond motifs is 1. The molecular formula is C14H13NO4S2. The minimum absolute atomic E-state index is 0.187. The first-order valence-electron chi connectivity index (χ1n) is 5.93. The Labute approximate surface area is 126 Å². The van der Waals surface area contributed by atoms with E-state index in [4.69, 9.17) is 9.66 Å². The second-order valence-corrected chi connectivity index (χ2v) is 6.52. The molecule has 3 rings (SSSR count). The molecule has 0 spiro atoms. The molecule has 2 N–H and O–H groups in total. The number of thiazole rings is 1. The minimum atomic E-state index is -4.22. The molecule has 0 bridgehead atoms. The van der Waals surface area contributed by atoms with Crippen molar-refractivity contribution in [2.24, 2.45) is 0 Å². The van der Waals surface area contributed by atoms with E-state index < -0.39 is 10.1 Å². The second-order valence-electron chi connectivity index (χ2n) is 4.24. The quantitative estimate of drug-likeness (QED) is 0.671. The van der Waals surface area contributed by atoms with Gasteiger partial charge in [0.2, 0.25) is 0 Å². The first kappa shape index (κ1) is 15.4. The highest BCUT2D eigenvalue weighted by atomic mass is 32.2. The molecule has 0 aliphatic carbocycles.